The lowest BCUT2D eigenvalue weighted by molar-refractivity contribution is 0.0984. The molecule has 0 amide bonds. The number of aromatic nitrogens is 8. The summed E-state index contributed by atoms with van der Waals surface area (Å²) in [6.07, 6.45) is 31.7. The molecule has 0 aliphatic rings. The minimum absolute atomic E-state index is 0.0466. The Morgan fingerprint density at radius 3 is 0.905 bits per heavy atom. The van der Waals surface area contributed by atoms with Gasteiger partial charge in [0.25, 0.3) is 0 Å². The summed E-state index contributed by atoms with van der Waals surface area (Å²) in [5.74, 6) is 3.13. The number of nitrogens with one attached hydrogen (secondary N) is 1. The fourth-order valence-corrected chi connectivity index (χ4v) is 16.4. The van der Waals surface area contributed by atoms with Crippen LogP contribution < -0.4 is 29.8 Å². The summed E-state index contributed by atoms with van der Waals surface area (Å²) in [7, 11) is 7.89. The maximum atomic E-state index is 12.6. The van der Waals surface area contributed by atoms with E-state index < -0.39 is 0 Å². The summed E-state index contributed by atoms with van der Waals surface area (Å²) in [5, 5.41) is 4.48. The van der Waals surface area contributed by atoms with Crippen molar-refractivity contribution < 1.29 is 28.8 Å². The zero-order valence-corrected chi connectivity index (χ0v) is 85.3. The Hall–Kier alpha value is -17.6. The summed E-state index contributed by atoms with van der Waals surface area (Å²) in [5.41, 5.74) is 27.7. The standard InChI is InChI=1S/C22H19N3O.C21H19ClN2O.2C21H20N2O.C20H18ClN3O.C20H18N2O/c1-3-17-7-5-9-19(11-17)22(26)13-18-8-6-10-20(12-18)25(4-2)21-14-23-16-24-15-21;1-15-5-3-6-16(11-15)21(25)13-17-12-18(8-9-20(17)22)24(2)19-7-4-10-23-14-19;2*1-16-6-3-8-18(12-16)21(24)14-17-7-4-9-19(13-17)23(2)20-10-5-11-22-15-20;1-14-4-3-5-15(8-14)20(25)10-16-9-17(6-7-19(16)21)24(2)18-11-22-13-23-12-18;1-15-5-2-7-17(11-15)20(23)13-16-6-3-8-18(12-16)22-19-9-4-10-21-14-19/h1,5-12,14-16H,4,13H2,2H3;3-12,14H,13H2,1-2H3;2*3-13,15H,14H2,1-2H3;3-9,11-13H,10H2,1-2H3;2-12,14,22H,13H2,1H3. The lowest BCUT2D eigenvalue weighted by atomic mass is 10.0. The largest absolute Gasteiger partial charge is 0.354 e. The van der Waals surface area contributed by atoms with Crippen LogP contribution >= 0.6 is 23.2 Å². The van der Waals surface area contributed by atoms with Gasteiger partial charge in [0.2, 0.25) is 0 Å². The average Bonchev–Trinajstić information content (AvgIpc) is 0.811. The maximum Gasteiger partial charge on any atom is 0.167 e. The number of carbonyl (C=O) groups excluding carboxylic acids is 6. The van der Waals surface area contributed by atoms with Crippen molar-refractivity contribution >= 4 is 126 Å². The smallest absolute Gasteiger partial charge is 0.167 e. The number of hydrogen-bond acceptors (Lipinski definition) is 20. The first-order chi connectivity index (χ1) is 71.3. The number of Topliss-reactive ketones (excluding diaryl/α,β-unsaturated/α-hetero) is 6. The molecule has 734 valence electrons. The Labute approximate surface area is 870 Å². The van der Waals surface area contributed by atoms with Crippen LogP contribution in [-0.4, -0.2) is 109 Å². The van der Waals surface area contributed by atoms with Gasteiger partial charge in [-0.2, -0.15) is 0 Å². The van der Waals surface area contributed by atoms with E-state index in [0.29, 0.717) is 58.0 Å². The molecule has 0 saturated heterocycles. The summed E-state index contributed by atoms with van der Waals surface area (Å²) >= 11 is 12.6. The van der Waals surface area contributed by atoms with E-state index in [0.717, 1.165) is 153 Å². The number of carbonyl (C=O) groups is 6. The molecule has 6 heterocycles. The molecular formula is C125H114Cl2N14O6. The van der Waals surface area contributed by atoms with Gasteiger partial charge >= 0.3 is 0 Å². The topological polar surface area (TPSA) is 234 Å². The van der Waals surface area contributed by atoms with Crippen LogP contribution in [0.25, 0.3) is 0 Å². The van der Waals surface area contributed by atoms with E-state index in [2.05, 4.69) is 84.9 Å². The van der Waals surface area contributed by atoms with Gasteiger partial charge in [-0.05, 0) is 251 Å². The van der Waals surface area contributed by atoms with Crippen LogP contribution in [0.15, 0.2) is 415 Å². The molecule has 12 aromatic carbocycles. The highest BCUT2D eigenvalue weighted by Crippen LogP contribution is 2.34. The highest BCUT2D eigenvalue weighted by molar-refractivity contribution is 6.32. The Bertz CT molecular complexity index is 7240. The molecule has 147 heavy (non-hydrogen) atoms. The number of hydrogen-bond donors (Lipinski definition) is 1. The number of pyridine rings is 4. The van der Waals surface area contributed by atoms with Crippen molar-refractivity contribution in [3.63, 3.8) is 0 Å². The fraction of sp³-hybridized carbons (Fsp3) is 0.136. The molecule has 0 aliphatic heterocycles. The summed E-state index contributed by atoms with van der Waals surface area (Å²) in [6, 6.07) is 105. The zero-order chi connectivity index (χ0) is 104. The molecular weight excluding hydrogens is 1860 g/mol. The molecule has 0 radical (unpaired) electrons. The Morgan fingerprint density at radius 2 is 0.558 bits per heavy atom. The van der Waals surface area contributed by atoms with E-state index >= 15 is 0 Å². The molecule has 0 bridgehead atoms. The van der Waals surface area contributed by atoms with E-state index in [1.165, 1.54) is 12.7 Å². The van der Waals surface area contributed by atoms with Gasteiger partial charge in [-0.15, -0.1) is 6.42 Å². The van der Waals surface area contributed by atoms with Gasteiger partial charge in [-0.3, -0.25) is 48.7 Å². The van der Waals surface area contributed by atoms with Gasteiger partial charge in [0.1, 0.15) is 12.7 Å². The lowest BCUT2D eigenvalue weighted by Crippen LogP contribution is -2.16. The van der Waals surface area contributed by atoms with Crippen molar-refractivity contribution in [2.45, 2.75) is 80.1 Å². The number of rotatable bonds is 31. The number of ketones is 6. The number of nitrogens with zero attached hydrogens (tertiary/aromatic N) is 13. The average molecular weight is 1980 g/mol. The van der Waals surface area contributed by atoms with Gasteiger partial charge in [0.05, 0.1) is 83.7 Å². The van der Waals surface area contributed by atoms with E-state index in [9.17, 15) is 28.8 Å². The Balaban J connectivity index is 0.000000147. The molecule has 18 aromatic rings. The second-order valence-corrected chi connectivity index (χ2v) is 35.9. The SMILES string of the molecule is C#Cc1cccc(C(=O)Cc2cccc(N(CC)c3cncnc3)c2)c1.Cc1cccc(C(=O)Cc2cc(N(C)c3cccnc3)ccc2Cl)c1.Cc1cccc(C(=O)Cc2cc(N(C)c3cncnc3)ccc2Cl)c1.Cc1cccc(C(=O)Cc2cccc(N(C)c3cccnc3)c2)c1.Cc1cccc(C(=O)Cc2cccc(N(C)c3cccnc3)c2)c1.Cc1cccc(C(=O)Cc2cccc(Nc3cccnc3)c2)c1. The third kappa shape index (κ3) is 32.2. The minimum atomic E-state index is 0.0466. The first kappa shape index (κ1) is 107. The van der Waals surface area contributed by atoms with Crippen LogP contribution in [-0.2, 0) is 38.5 Å². The zero-order valence-electron chi connectivity index (χ0n) is 83.8. The quantitative estimate of drug-likeness (QED) is 0.0314. The Kier molecular flexibility index (Phi) is 39.2. The monoisotopic (exact) mass is 1980 g/mol. The van der Waals surface area contributed by atoms with Crippen molar-refractivity contribution in [3.8, 4) is 12.3 Å². The normalized spacial score (nSPS) is 10.4. The summed E-state index contributed by atoms with van der Waals surface area (Å²) in [6.45, 7) is 12.8. The molecule has 20 nitrogen and oxygen atoms in total. The van der Waals surface area contributed by atoms with Crippen molar-refractivity contribution in [2.75, 3.05) is 64.6 Å². The van der Waals surface area contributed by atoms with Crippen LogP contribution in [0.4, 0.5) is 68.2 Å². The summed E-state index contributed by atoms with van der Waals surface area (Å²) < 4.78 is 0. The van der Waals surface area contributed by atoms with Crippen LogP contribution in [0.5, 0.6) is 0 Å². The molecule has 1 N–H and O–H groups in total. The number of benzene rings is 12. The molecule has 0 fully saturated rings. The van der Waals surface area contributed by atoms with Gasteiger partial charge in [-0.25, -0.2) is 19.9 Å². The van der Waals surface area contributed by atoms with Gasteiger partial charge < -0.3 is 29.8 Å². The lowest BCUT2D eigenvalue weighted by Gasteiger charge is -2.23. The van der Waals surface area contributed by atoms with Crippen molar-refractivity contribution in [1.82, 2.24) is 39.9 Å². The summed E-state index contributed by atoms with van der Waals surface area (Å²) in [4.78, 5) is 118. The second-order valence-electron chi connectivity index (χ2n) is 35.1. The number of anilines is 12. The predicted octanol–water partition coefficient (Wildman–Crippen LogP) is 27.6. The molecule has 0 spiro atoms. The number of aryl methyl sites for hydroxylation is 5. The molecule has 0 unspecified atom stereocenters. The van der Waals surface area contributed by atoms with Crippen LogP contribution in [0.3, 0.4) is 0 Å². The molecule has 0 aliphatic carbocycles. The maximum absolute atomic E-state index is 12.6. The molecule has 22 heteroatoms. The Morgan fingerprint density at radius 1 is 0.272 bits per heavy atom. The van der Waals surface area contributed by atoms with Crippen LogP contribution in [0, 0.1) is 47.0 Å². The van der Waals surface area contributed by atoms with Crippen LogP contribution in [0.2, 0.25) is 10.0 Å². The van der Waals surface area contributed by atoms with E-state index in [1.807, 2.05) is 388 Å². The molecule has 18 rings (SSSR count). The predicted molar refractivity (Wildman–Crippen MR) is 596 cm³/mol. The van der Waals surface area contributed by atoms with Crippen LogP contribution in [0.1, 0.15) is 136 Å². The molecule has 0 saturated carbocycles. The van der Waals surface area contributed by atoms with E-state index in [1.54, 1.807) is 74.1 Å². The number of halogens is 2. The van der Waals surface area contributed by atoms with Crippen molar-refractivity contribution in [2.24, 2.45) is 0 Å². The van der Waals surface area contributed by atoms with E-state index in [4.69, 9.17) is 29.6 Å². The first-order valence-corrected chi connectivity index (χ1v) is 48.6. The molecule has 0 atom stereocenters. The molecule has 6 aromatic heterocycles. The first-order valence-electron chi connectivity index (χ1n) is 47.9. The van der Waals surface area contributed by atoms with Gasteiger partial charge in [0, 0.05) is 181 Å². The minimum Gasteiger partial charge on any atom is -0.354 e. The van der Waals surface area contributed by atoms with Crippen molar-refractivity contribution in [3.05, 3.63) is 525 Å². The van der Waals surface area contributed by atoms with Gasteiger partial charge in [0.15, 0.2) is 34.7 Å². The highest BCUT2D eigenvalue weighted by Gasteiger charge is 2.20. The fourth-order valence-electron chi connectivity index (χ4n) is 16.0. The van der Waals surface area contributed by atoms with E-state index in [-0.39, 0.29) is 47.5 Å². The third-order valence-corrected chi connectivity index (χ3v) is 24.7. The van der Waals surface area contributed by atoms with Crippen molar-refractivity contribution in [1.29, 1.82) is 0 Å². The number of terminal acetylenes is 1. The van der Waals surface area contributed by atoms with Gasteiger partial charge in [-0.1, -0.05) is 209 Å². The highest BCUT2D eigenvalue weighted by atomic mass is 35.5. The second kappa shape index (κ2) is 54.0. The third-order valence-electron chi connectivity index (χ3n) is 23.9.